The van der Waals surface area contributed by atoms with Gasteiger partial charge in [-0.2, -0.15) is 0 Å². The first-order valence-electron chi connectivity index (χ1n) is 15.0. The first-order valence-corrected chi connectivity index (χ1v) is 15.0. The van der Waals surface area contributed by atoms with Gasteiger partial charge < -0.3 is 30.5 Å². The Morgan fingerprint density at radius 1 is 0.929 bits per heavy atom. The Kier molecular flexibility index (Phi) is 11.8. The molecule has 0 unspecified atom stereocenters. The molecule has 3 N–H and O–H groups in total. The maximum Gasteiger partial charge on any atom is 0.255 e. The zero-order chi connectivity index (χ0) is 29.7. The third-order valence-electron chi connectivity index (χ3n) is 7.82. The summed E-state index contributed by atoms with van der Waals surface area (Å²) in [5.41, 5.74) is 1.21. The zero-order valence-corrected chi connectivity index (χ0v) is 24.5. The van der Waals surface area contributed by atoms with Crippen molar-refractivity contribution in [1.82, 2.24) is 25.8 Å². The van der Waals surface area contributed by atoms with E-state index in [0.717, 1.165) is 38.0 Å². The van der Waals surface area contributed by atoms with Crippen molar-refractivity contribution in [2.24, 2.45) is 0 Å². The number of benzene rings is 2. The third kappa shape index (κ3) is 9.30. The van der Waals surface area contributed by atoms with E-state index in [2.05, 4.69) is 20.9 Å². The number of para-hydroxylation sites is 1. The third-order valence-corrected chi connectivity index (χ3v) is 7.82. The monoisotopic (exact) mass is 577 g/mol. The first-order chi connectivity index (χ1) is 20.4. The second-order valence-electron chi connectivity index (χ2n) is 11.0. The van der Waals surface area contributed by atoms with Crippen LogP contribution in [-0.2, 0) is 20.8 Å². The predicted molar refractivity (Wildman–Crippen MR) is 160 cm³/mol. The van der Waals surface area contributed by atoms with Crippen molar-refractivity contribution >= 4 is 23.6 Å². The highest BCUT2D eigenvalue weighted by molar-refractivity contribution is 5.99. The lowest BCUT2D eigenvalue weighted by Crippen LogP contribution is -2.50. The highest BCUT2D eigenvalue weighted by Crippen LogP contribution is 2.19. The van der Waals surface area contributed by atoms with Crippen LogP contribution in [0.4, 0.5) is 0 Å². The summed E-state index contributed by atoms with van der Waals surface area (Å²) in [6.45, 7) is 3.64. The fourth-order valence-electron chi connectivity index (χ4n) is 5.37. The number of carbonyl (C=O) groups excluding carboxylic acids is 4. The molecule has 2 atom stereocenters. The molecule has 226 valence electrons. The smallest absolute Gasteiger partial charge is 0.255 e. The summed E-state index contributed by atoms with van der Waals surface area (Å²) < 4.78 is 5.92. The van der Waals surface area contributed by atoms with E-state index < -0.39 is 18.0 Å². The van der Waals surface area contributed by atoms with E-state index in [-0.39, 0.29) is 49.3 Å². The van der Waals surface area contributed by atoms with Gasteiger partial charge in [-0.1, -0.05) is 55.3 Å². The Morgan fingerprint density at radius 3 is 2.40 bits per heavy atom. The number of carbonyl (C=O) groups is 4. The van der Waals surface area contributed by atoms with Crippen LogP contribution in [0.5, 0.6) is 5.75 Å². The normalized spacial score (nSPS) is 21.5. The van der Waals surface area contributed by atoms with Crippen molar-refractivity contribution < 1.29 is 23.9 Å². The summed E-state index contributed by atoms with van der Waals surface area (Å²) in [4.78, 5) is 57.0. The first kappa shape index (κ1) is 31.0. The average molecular weight is 578 g/mol. The van der Waals surface area contributed by atoms with Crippen molar-refractivity contribution in [2.75, 3.05) is 46.4 Å². The van der Waals surface area contributed by atoms with Gasteiger partial charge in [0.25, 0.3) is 5.91 Å². The number of amides is 4. The number of fused-ring (bicyclic) bond motifs is 1. The van der Waals surface area contributed by atoms with Gasteiger partial charge in [0, 0.05) is 33.0 Å². The molecular formula is C32H43N5O5. The summed E-state index contributed by atoms with van der Waals surface area (Å²) in [7, 11) is 1.67. The van der Waals surface area contributed by atoms with Gasteiger partial charge in [-0.05, 0) is 50.0 Å². The summed E-state index contributed by atoms with van der Waals surface area (Å²) in [5.74, 6) is -1.04. The van der Waals surface area contributed by atoms with Crippen molar-refractivity contribution in [2.45, 2.75) is 57.0 Å². The standard InChI is InChI=1S/C32H43N5O5/c1-36-21-22-42-28-14-8-7-13-25(28)30(39)35-26(31(40)33-17-20-37-18-9-2-3-10-19-37)15-16-29(38)34-27(32(36)41)23-24-11-5-4-6-12-24/h4-8,11-14,26-27H,2-3,9-10,15-23H2,1H3,(H,33,40)(H,34,38)(H,35,39)/t26-,27-/m0/s1. The van der Waals surface area contributed by atoms with Gasteiger partial charge >= 0.3 is 0 Å². The van der Waals surface area contributed by atoms with Gasteiger partial charge in [0.05, 0.1) is 12.1 Å². The molecule has 2 aliphatic rings. The van der Waals surface area contributed by atoms with Crippen LogP contribution in [0.3, 0.4) is 0 Å². The minimum atomic E-state index is -0.934. The quantitative estimate of drug-likeness (QED) is 0.484. The lowest BCUT2D eigenvalue weighted by molar-refractivity contribution is -0.135. The summed E-state index contributed by atoms with van der Waals surface area (Å²) in [6, 6.07) is 14.6. The zero-order valence-electron chi connectivity index (χ0n) is 24.5. The van der Waals surface area contributed by atoms with Gasteiger partial charge in [-0.3, -0.25) is 19.2 Å². The Labute approximate surface area is 248 Å². The fraction of sp³-hybridized carbons (Fsp3) is 0.500. The highest BCUT2D eigenvalue weighted by atomic mass is 16.5. The maximum absolute atomic E-state index is 13.4. The Morgan fingerprint density at radius 2 is 1.64 bits per heavy atom. The van der Waals surface area contributed by atoms with E-state index in [1.54, 1.807) is 31.3 Å². The van der Waals surface area contributed by atoms with Gasteiger partial charge in [0.2, 0.25) is 17.7 Å². The average Bonchev–Trinajstić information content (AvgIpc) is 3.27. The summed E-state index contributed by atoms with van der Waals surface area (Å²) in [6.07, 6.45) is 5.16. The number of hydrogen-bond acceptors (Lipinski definition) is 6. The topological polar surface area (TPSA) is 120 Å². The molecule has 42 heavy (non-hydrogen) atoms. The Bertz CT molecular complexity index is 1200. The van der Waals surface area contributed by atoms with Gasteiger partial charge in [0.1, 0.15) is 24.4 Å². The maximum atomic E-state index is 13.4. The molecule has 1 fully saturated rings. The molecule has 2 heterocycles. The van der Waals surface area contributed by atoms with E-state index >= 15 is 0 Å². The largest absolute Gasteiger partial charge is 0.491 e. The molecule has 2 aromatic rings. The van der Waals surface area contributed by atoms with E-state index in [0.29, 0.717) is 18.7 Å². The molecule has 10 nitrogen and oxygen atoms in total. The number of hydrogen-bond donors (Lipinski definition) is 3. The van der Waals surface area contributed by atoms with E-state index in [1.165, 1.54) is 17.7 Å². The molecule has 0 spiro atoms. The minimum absolute atomic E-state index is 0.0368. The van der Waals surface area contributed by atoms with Crippen LogP contribution in [0.1, 0.15) is 54.4 Å². The predicted octanol–water partition coefficient (Wildman–Crippen LogP) is 2.14. The SMILES string of the molecule is CN1CCOc2ccccc2C(=O)N[C@H](C(=O)NCCN2CCCCCC2)CCC(=O)N[C@@H](Cc2ccccc2)C1=O. The molecule has 0 saturated carbocycles. The molecule has 0 bridgehead atoms. The second-order valence-corrected chi connectivity index (χ2v) is 11.0. The van der Waals surface area contributed by atoms with E-state index in [1.807, 2.05) is 30.3 Å². The van der Waals surface area contributed by atoms with E-state index in [9.17, 15) is 19.2 Å². The number of ether oxygens (including phenoxy) is 1. The van der Waals surface area contributed by atoms with Crippen molar-refractivity contribution in [3.05, 3.63) is 65.7 Å². The van der Waals surface area contributed by atoms with Gasteiger partial charge in [-0.15, -0.1) is 0 Å². The molecular weight excluding hydrogens is 534 g/mol. The Balaban J connectivity index is 1.49. The van der Waals surface area contributed by atoms with E-state index in [4.69, 9.17) is 4.74 Å². The molecule has 10 heteroatoms. The van der Waals surface area contributed by atoms with Crippen LogP contribution in [-0.4, -0.2) is 91.9 Å². The molecule has 0 radical (unpaired) electrons. The van der Waals surface area contributed by atoms with Crippen molar-refractivity contribution in [1.29, 1.82) is 0 Å². The lowest BCUT2D eigenvalue weighted by atomic mass is 10.0. The van der Waals surface area contributed by atoms with Crippen LogP contribution >= 0.6 is 0 Å². The van der Waals surface area contributed by atoms with Gasteiger partial charge in [-0.25, -0.2) is 0 Å². The fourth-order valence-corrected chi connectivity index (χ4v) is 5.37. The minimum Gasteiger partial charge on any atom is -0.491 e. The van der Waals surface area contributed by atoms with Crippen LogP contribution in [0.15, 0.2) is 54.6 Å². The number of likely N-dealkylation sites (tertiary alicyclic amines) is 1. The van der Waals surface area contributed by atoms with Gasteiger partial charge in [0.15, 0.2) is 0 Å². The van der Waals surface area contributed by atoms with Crippen LogP contribution in [0.2, 0.25) is 0 Å². The number of rotatable bonds is 6. The molecule has 1 saturated heterocycles. The number of nitrogens with one attached hydrogen (secondary N) is 3. The van der Waals surface area contributed by atoms with Crippen molar-refractivity contribution in [3.63, 3.8) is 0 Å². The van der Waals surface area contributed by atoms with Crippen LogP contribution in [0.25, 0.3) is 0 Å². The lowest BCUT2D eigenvalue weighted by Gasteiger charge is -2.25. The second kappa shape index (κ2) is 15.9. The molecule has 2 aliphatic heterocycles. The number of likely N-dealkylation sites (N-methyl/N-ethyl adjacent to an activating group) is 1. The van der Waals surface area contributed by atoms with Crippen LogP contribution in [0, 0.1) is 0 Å². The highest BCUT2D eigenvalue weighted by Gasteiger charge is 2.28. The Hall–Kier alpha value is -3.92. The molecule has 0 aromatic heterocycles. The molecule has 4 amide bonds. The number of nitrogens with zero attached hydrogens (tertiary/aromatic N) is 2. The summed E-state index contributed by atoms with van der Waals surface area (Å²) >= 11 is 0. The van der Waals surface area contributed by atoms with Crippen LogP contribution < -0.4 is 20.7 Å². The molecule has 0 aliphatic carbocycles. The van der Waals surface area contributed by atoms with Crippen molar-refractivity contribution in [3.8, 4) is 5.75 Å². The summed E-state index contributed by atoms with van der Waals surface area (Å²) in [5, 5.41) is 8.66. The molecule has 4 rings (SSSR count). The molecule has 2 aromatic carbocycles.